The molecule has 8 nitrogen and oxygen atoms in total. The number of sulfonamides is 1. The van der Waals surface area contributed by atoms with E-state index in [1.54, 1.807) is 19.1 Å². The van der Waals surface area contributed by atoms with E-state index in [9.17, 15) is 18.0 Å². The minimum Gasteiger partial charge on any atom is -0.495 e. The molecule has 3 aromatic rings. The highest BCUT2D eigenvalue weighted by Gasteiger charge is 2.34. The number of fused-ring (bicyclic) bond motifs is 1. The molecule has 0 N–H and O–H groups in total. The molecule has 0 saturated carbocycles. The van der Waals surface area contributed by atoms with Gasteiger partial charge in [-0.15, -0.1) is 0 Å². The van der Waals surface area contributed by atoms with Gasteiger partial charge < -0.3 is 13.9 Å². The summed E-state index contributed by atoms with van der Waals surface area (Å²) in [7, 11) is -2.50. The molecule has 2 heterocycles. The lowest BCUT2D eigenvalue weighted by Gasteiger charge is -2.34. The van der Waals surface area contributed by atoms with E-state index in [1.165, 1.54) is 41.7 Å². The molecule has 0 radical (unpaired) electrons. The predicted octanol–water partition coefficient (Wildman–Crippen LogP) is 4.00. The second-order valence-electron chi connectivity index (χ2n) is 8.93. The molecule has 0 unspecified atom stereocenters. The van der Waals surface area contributed by atoms with Gasteiger partial charge in [0.15, 0.2) is 0 Å². The molecule has 2 atom stereocenters. The molecule has 180 valence electrons. The normalized spacial score (nSPS) is 19.2. The SMILES string of the molecule is COc1ccc(C(=O)Oc2ccc3c(C)cc(=O)oc3c2)cc1S(=O)(=O)N1C[C@H](C)C[C@H](C)C1. The summed E-state index contributed by atoms with van der Waals surface area (Å²) in [4.78, 5) is 24.5. The van der Waals surface area contributed by atoms with E-state index in [4.69, 9.17) is 13.9 Å². The number of methoxy groups -OCH3 is 1. The van der Waals surface area contributed by atoms with Crippen molar-refractivity contribution in [3.63, 3.8) is 0 Å². The third-order valence-electron chi connectivity index (χ3n) is 5.99. The number of hydrogen-bond acceptors (Lipinski definition) is 7. The second-order valence-corrected chi connectivity index (χ2v) is 10.8. The number of rotatable bonds is 5. The first-order valence-corrected chi connectivity index (χ1v) is 12.5. The van der Waals surface area contributed by atoms with Gasteiger partial charge in [0.1, 0.15) is 22.0 Å². The molecule has 0 bridgehead atoms. The van der Waals surface area contributed by atoms with Crippen molar-refractivity contribution in [2.24, 2.45) is 11.8 Å². The van der Waals surface area contributed by atoms with Gasteiger partial charge in [-0.2, -0.15) is 4.31 Å². The van der Waals surface area contributed by atoms with Gasteiger partial charge in [0, 0.05) is 30.6 Å². The molecule has 9 heteroatoms. The summed E-state index contributed by atoms with van der Waals surface area (Å²) in [5, 5.41) is 0.724. The zero-order valence-electron chi connectivity index (χ0n) is 19.5. The Morgan fingerprint density at radius 3 is 2.44 bits per heavy atom. The smallest absolute Gasteiger partial charge is 0.343 e. The number of carbonyl (C=O) groups is 1. The predicted molar refractivity (Wildman–Crippen MR) is 127 cm³/mol. The van der Waals surface area contributed by atoms with Gasteiger partial charge in [0.25, 0.3) is 0 Å². The van der Waals surface area contributed by atoms with Gasteiger partial charge >= 0.3 is 11.6 Å². The third kappa shape index (κ3) is 4.71. The summed E-state index contributed by atoms with van der Waals surface area (Å²) in [5.74, 6) is 0.0490. The maximum atomic E-state index is 13.5. The van der Waals surface area contributed by atoms with Crippen LogP contribution in [-0.4, -0.2) is 38.9 Å². The Morgan fingerprint density at radius 2 is 1.76 bits per heavy atom. The Labute approximate surface area is 198 Å². The van der Waals surface area contributed by atoms with Gasteiger partial charge in [-0.3, -0.25) is 0 Å². The fraction of sp³-hybridized carbons (Fsp3) is 0.360. The van der Waals surface area contributed by atoms with Crippen LogP contribution in [0.25, 0.3) is 11.0 Å². The summed E-state index contributed by atoms with van der Waals surface area (Å²) in [6.45, 7) is 6.65. The summed E-state index contributed by atoms with van der Waals surface area (Å²) in [5.41, 5.74) is 0.597. The maximum Gasteiger partial charge on any atom is 0.343 e. The van der Waals surface area contributed by atoms with Gasteiger partial charge in [-0.05, 0) is 61.1 Å². The Morgan fingerprint density at radius 1 is 1.06 bits per heavy atom. The number of nitrogens with zero attached hydrogens (tertiary/aromatic N) is 1. The van der Waals surface area contributed by atoms with Crippen LogP contribution in [0.4, 0.5) is 0 Å². The van der Waals surface area contributed by atoms with Crippen LogP contribution >= 0.6 is 0 Å². The van der Waals surface area contributed by atoms with Crippen molar-refractivity contribution in [1.29, 1.82) is 0 Å². The standard InChI is InChI=1S/C25H27NO7S/c1-15-9-16(2)14-26(13-15)34(29,30)23-11-18(5-8-21(23)31-4)25(28)32-19-6-7-20-17(3)10-24(27)33-22(20)12-19/h5-8,10-12,15-16H,9,13-14H2,1-4H3/t15-,16+. The minimum atomic E-state index is -3.89. The van der Waals surface area contributed by atoms with Gasteiger partial charge in [0.2, 0.25) is 10.0 Å². The number of benzene rings is 2. The molecular formula is C25H27NO7S. The topological polar surface area (TPSA) is 103 Å². The molecule has 1 aliphatic rings. The summed E-state index contributed by atoms with van der Waals surface area (Å²) in [6.07, 6.45) is 0.959. The molecule has 1 aliphatic heterocycles. The van der Waals surface area contributed by atoms with Crippen molar-refractivity contribution in [3.05, 3.63) is 64.0 Å². The van der Waals surface area contributed by atoms with Crippen molar-refractivity contribution in [3.8, 4) is 11.5 Å². The fourth-order valence-corrected chi connectivity index (χ4v) is 6.34. The number of esters is 1. The monoisotopic (exact) mass is 485 g/mol. The molecule has 4 rings (SSSR count). The van der Waals surface area contributed by atoms with E-state index in [0.29, 0.717) is 18.7 Å². The van der Waals surface area contributed by atoms with Crippen molar-refractivity contribution in [2.45, 2.75) is 32.1 Å². The van der Waals surface area contributed by atoms with E-state index >= 15 is 0 Å². The van der Waals surface area contributed by atoms with E-state index in [1.807, 2.05) is 13.8 Å². The largest absolute Gasteiger partial charge is 0.495 e. The van der Waals surface area contributed by atoms with Crippen molar-refractivity contribution in [2.75, 3.05) is 20.2 Å². The summed E-state index contributed by atoms with van der Waals surface area (Å²) < 4.78 is 44.3. The van der Waals surface area contributed by atoms with E-state index < -0.39 is 21.6 Å². The Kier molecular flexibility index (Phi) is 6.51. The van der Waals surface area contributed by atoms with Crippen LogP contribution in [0.3, 0.4) is 0 Å². The molecule has 0 amide bonds. The quantitative estimate of drug-likeness (QED) is 0.306. The molecule has 0 aliphatic carbocycles. The van der Waals surface area contributed by atoms with E-state index in [2.05, 4.69) is 0 Å². The van der Waals surface area contributed by atoms with Crippen LogP contribution in [0, 0.1) is 18.8 Å². The molecule has 1 saturated heterocycles. The number of hydrogen-bond donors (Lipinski definition) is 0. The van der Waals surface area contributed by atoms with Crippen molar-refractivity contribution >= 4 is 27.0 Å². The van der Waals surface area contributed by atoms with Crippen molar-refractivity contribution < 1.29 is 27.1 Å². The molecule has 2 aromatic carbocycles. The van der Waals surface area contributed by atoms with E-state index in [0.717, 1.165) is 17.4 Å². The molecule has 0 spiro atoms. The third-order valence-corrected chi connectivity index (χ3v) is 7.84. The first-order chi connectivity index (χ1) is 16.1. The molecular weight excluding hydrogens is 458 g/mol. The average molecular weight is 486 g/mol. The van der Waals surface area contributed by atoms with Crippen LogP contribution in [0.1, 0.15) is 36.2 Å². The molecule has 1 aromatic heterocycles. The first kappa shape index (κ1) is 24.0. The highest BCUT2D eigenvalue weighted by atomic mass is 32.2. The number of carbonyl (C=O) groups excluding carboxylic acids is 1. The van der Waals surface area contributed by atoms with Crippen LogP contribution in [0.15, 0.2) is 56.6 Å². The first-order valence-electron chi connectivity index (χ1n) is 11.0. The Bertz CT molecular complexity index is 1400. The summed E-state index contributed by atoms with van der Waals surface area (Å²) >= 11 is 0. The van der Waals surface area contributed by atoms with Crippen LogP contribution < -0.4 is 15.1 Å². The second kappa shape index (κ2) is 9.23. The van der Waals surface area contributed by atoms with Gasteiger partial charge in [-0.25, -0.2) is 18.0 Å². The number of ether oxygens (including phenoxy) is 2. The lowest BCUT2D eigenvalue weighted by Crippen LogP contribution is -2.42. The lowest BCUT2D eigenvalue weighted by atomic mass is 9.94. The maximum absolute atomic E-state index is 13.5. The zero-order chi connectivity index (χ0) is 24.6. The van der Waals surface area contributed by atoms with Gasteiger partial charge in [0.05, 0.1) is 12.7 Å². The zero-order valence-corrected chi connectivity index (χ0v) is 20.3. The Hall–Kier alpha value is -3.17. The number of piperidine rings is 1. The van der Waals surface area contributed by atoms with Crippen LogP contribution in [0.2, 0.25) is 0 Å². The van der Waals surface area contributed by atoms with Crippen LogP contribution in [-0.2, 0) is 10.0 Å². The molecule has 1 fully saturated rings. The highest BCUT2D eigenvalue weighted by Crippen LogP contribution is 2.32. The lowest BCUT2D eigenvalue weighted by molar-refractivity contribution is 0.0734. The van der Waals surface area contributed by atoms with E-state index in [-0.39, 0.29) is 33.8 Å². The van der Waals surface area contributed by atoms with Crippen molar-refractivity contribution in [1.82, 2.24) is 4.31 Å². The Balaban J connectivity index is 1.65. The minimum absolute atomic E-state index is 0.0586. The van der Waals surface area contributed by atoms with Crippen LogP contribution in [0.5, 0.6) is 11.5 Å². The summed E-state index contributed by atoms with van der Waals surface area (Å²) in [6, 6.07) is 10.3. The van der Waals surface area contributed by atoms with Gasteiger partial charge in [-0.1, -0.05) is 13.8 Å². The number of aryl methyl sites for hydroxylation is 1. The highest BCUT2D eigenvalue weighted by molar-refractivity contribution is 7.89. The average Bonchev–Trinajstić information content (AvgIpc) is 2.77. The molecule has 34 heavy (non-hydrogen) atoms. The fourth-order valence-electron chi connectivity index (χ4n) is 4.48.